The molecule has 76 valence electrons. The van der Waals surface area contributed by atoms with Crippen molar-refractivity contribution < 1.29 is 4.79 Å². The lowest BCUT2D eigenvalue weighted by Gasteiger charge is -2.53. The molecule has 1 heterocycles. The van der Waals surface area contributed by atoms with Gasteiger partial charge in [-0.1, -0.05) is 0 Å². The third kappa shape index (κ3) is 1.85. The first kappa shape index (κ1) is 10.5. The summed E-state index contributed by atoms with van der Waals surface area (Å²) in [7, 11) is 2.13. The minimum absolute atomic E-state index is 0.0721. The maximum Gasteiger partial charge on any atom is 0.209 e. The van der Waals surface area contributed by atoms with E-state index in [1.807, 2.05) is 4.90 Å². The maximum absolute atomic E-state index is 10.7. The summed E-state index contributed by atoms with van der Waals surface area (Å²) in [5.41, 5.74) is 0.144. The van der Waals surface area contributed by atoms with Gasteiger partial charge in [0.1, 0.15) is 0 Å². The summed E-state index contributed by atoms with van der Waals surface area (Å²) in [6, 6.07) is 0. The monoisotopic (exact) mass is 184 g/mol. The maximum atomic E-state index is 10.7. The van der Waals surface area contributed by atoms with Crippen LogP contribution in [-0.2, 0) is 4.79 Å². The van der Waals surface area contributed by atoms with Gasteiger partial charge in [-0.2, -0.15) is 0 Å². The molecule has 0 aromatic rings. The molecule has 1 fully saturated rings. The molecule has 0 N–H and O–H groups in total. The minimum atomic E-state index is 0.0721. The largest absolute Gasteiger partial charge is 0.342 e. The first-order chi connectivity index (χ1) is 5.79. The molecular weight excluding hydrogens is 164 g/mol. The molecule has 1 amide bonds. The van der Waals surface area contributed by atoms with E-state index in [4.69, 9.17) is 0 Å². The topological polar surface area (TPSA) is 23.6 Å². The molecule has 3 nitrogen and oxygen atoms in total. The highest BCUT2D eigenvalue weighted by Crippen LogP contribution is 2.29. The van der Waals surface area contributed by atoms with Gasteiger partial charge in [-0.05, 0) is 34.7 Å². The number of likely N-dealkylation sites (N-methyl/N-ethyl adjacent to an activating group) is 1. The van der Waals surface area contributed by atoms with Gasteiger partial charge in [0.15, 0.2) is 0 Å². The van der Waals surface area contributed by atoms with Gasteiger partial charge in [0.2, 0.25) is 6.41 Å². The van der Waals surface area contributed by atoms with Crippen LogP contribution in [0.3, 0.4) is 0 Å². The van der Waals surface area contributed by atoms with Gasteiger partial charge in [0.05, 0.1) is 0 Å². The van der Waals surface area contributed by atoms with Gasteiger partial charge < -0.3 is 4.90 Å². The van der Waals surface area contributed by atoms with Crippen molar-refractivity contribution in [1.82, 2.24) is 9.80 Å². The summed E-state index contributed by atoms with van der Waals surface area (Å²) in [6.45, 7) is 10.3. The molecule has 0 radical (unpaired) electrons. The molecule has 13 heavy (non-hydrogen) atoms. The second-order valence-corrected chi connectivity index (χ2v) is 5.19. The summed E-state index contributed by atoms with van der Waals surface area (Å²) >= 11 is 0. The molecule has 0 bridgehead atoms. The number of carbonyl (C=O) groups excluding carboxylic acids is 1. The summed E-state index contributed by atoms with van der Waals surface area (Å²) < 4.78 is 0. The Kier molecular flexibility index (Phi) is 2.41. The van der Waals surface area contributed by atoms with E-state index >= 15 is 0 Å². The fraction of sp³-hybridized carbons (Fsp3) is 0.900. The normalized spacial score (nSPS) is 27.3. The zero-order valence-electron chi connectivity index (χ0n) is 9.29. The lowest BCUT2D eigenvalue weighted by molar-refractivity contribution is -0.128. The van der Waals surface area contributed by atoms with Gasteiger partial charge in [-0.25, -0.2) is 0 Å². The Morgan fingerprint density at radius 3 is 1.77 bits per heavy atom. The van der Waals surface area contributed by atoms with Crippen LogP contribution < -0.4 is 0 Å². The van der Waals surface area contributed by atoms with Crippen molar-refractivity contribution in [3.8, 4) is 0 Å². The van der Waals surface area contributed by atoms with Gasteiger partial charge in [-0.15, -0.1) is 0 Å². The zero-order valence-corrected chi connectivity index (χ0v) is 9.29. The average Bonchev–Trinajstić information content (AvgIpc) is 1.99. The molecule has 0 unspecified atom stereocenters. The van der Waals surface area contributed by atoms with E-state index in [0.717, 1.165) is 19.5 Å². The highest BCUT2D eigenvalue weighted by molar-refractivity contribution is 5.48. The van der Waals surface area contributed by atoms with Crippen LogP contribution in [0.4, 0.5) is 0 Å². The van der Waals surface area contributed by atoms with Gasteiger partial charge in [-0.3, -0.25) is 9.69 Å². The van der Waals surface area contributed by atoms with Crippen molar-refractivity contribution in [1.29, 1.82) is 0 Å². The van der Waals surface area contributed by atoms with E-state index in [0.29, 0.717) is 0 Å². The van der Waals surface area contributed by atoms with Crippen LogP contribution in [0.2, 0.25) is 0 Å². The molecule has 1 rings (SSSR count). The minimum Gasteiger partial charge on any atom is -0.342 e. The molecule has 1 saturated heterocycles. The second kappa shape index (κ2) is 2.98. The van der Waals surface area contributed by atoms with Crippen LogP contribution in [0.25, 0.3) is 0 Å². The Morgan fingerprint density at radius 2 is 1.46 bits per heavy atom. The molecule has 3 heteroatoms. The number of carbonyl (C=O) groups is 1. The van der Waals surface area contributed by atoms with E-state index in [9.17, 15) is 4.79 Å². The predicted molar refractivity (Wildman–Crippen MR) is 53.6 cm³/mol. The zero-order chi connectivity index (χ0) is 10.3. The first-order valence-electron chi connectivity index (χ1n) is 4.73. The number of nitrogens with zero attached hydrogens (tertiary/aromatic N) is 2. The molecule has 0 aliphatic carbocycles. The smallest absolute Gasteiger partial charge is 0.209 e. The Bertz CT molecular complexity index is 193. The van der Waals surface area contributed by atoms with E-state index in [1.54, 1.807) is 0 Å². The number of rotatable bonds is 1. The molecule has 1 aliphatic rings. The Labute approximate surface area is 80.7 Å². The summed E-state index contributed by atoms with van der Waals surface area (Å²) in [6.07, 6.45) is 0.955. The van der Waals surface area contributed by atoms with Crippen molar-refractivity contribution in [2.24, 2.45) is 0 Å². The van der Waals surface area contributed by atoms with Crippen molar-refractivity contribution >= 4 is 6.41 Å². The average molecular weight is 184 g/mol. The fourth-order valence-corrected chi connectivity index (χ4v) is 2.16. The van der Waals surface area contributed by atoms with Crippen LogP contribution >= 0.6 is 0 Å². The van der Waals surface area contributed by atoms with Crippen LogP contribution in [0.5, 0.6) is 0 Å². The molecule has 0 atom stereocenters. The predicted octanol–water partition coefficient (Wildman–Crippen LogP) is 0.947. The van der Waals surface area contributed by atoms with Crippen molar-refractivity contribution in [3.05, 3.63) is 0 Å². The summed E-state index contributed by atoms with van der Waals surface area (Å²) in [4.78, 5) is 15.0. The third-order valence-corrected chi connectivity index (χ3v) is 3.15. The Hall–Kier alpha value is -0.570. The summed E-state index contributed by atoms with van der Waals surface area (Å²) in [5, 5.41) is 0. The van der Waals surface area contributed by atoms with E-state index in [-0.39, 0.29) is 11.1 Å². The fourth-order valence-electron chi connectivity index (χ4n) is 2.16. The van der Waals surface area contributed by atoms with Crippen LogP contribution in [0, 0.1) is 0 Å². The van der Waals surface area contributed by atoms with E-state index < -0.39 is 0 Å². The molecule has 0 aromatic heterocycles. The van der Waals surface area contributed by atoms with Crippen LogP contribution in [0.15, 0.2) is 0 Å². The van der Waals surface area contributed by atoms with E-state index in [1.165, 1.54) is 0 Å². The molecule has 1 aliphatic heterocycles. The van der Waals surface area contributed by atoms with Gasteiger partial charge in [0.25, 0.3) is 0 Å². The number of piperazine rings is 1. The molecular formula is C10H20N2O. The SMILES string of the molecule is CN1C(C)(C)CN(C=O)CC1(C)C. The van der Waals surface area contributed by atoms with Crippen molar-refractivity contribution in [3.63, 3.8) is 0 Å². The lowest BCUT2D eigenvalue weighted by atomic mass is 9.89. The highest BCUT2D eigenvalue weighted by Gasteiger charge is 2.41. The van der Waals surface area contributed by atoms with Crippen LogP contribution in [-0.4, -0.2) is 47.4 Å². The van der Waals surface area contributed by atoms with E-state index in [2.05, 4.69) is 39.6 Å². The second-order valence-electron chi connectivity index (χ2n) is 5.19. The highest BCUT2D eigenvalue weighted by atomic mass is 16.1. The third-order valence-electron chi connectivity index (χ3n) is 3.15. The number of hydrogen-bond donors (Lipinski definition) is 0. The Balaban J connectivity index is 2.88. The Morgan fingerprint density at radius 1 is 1.08 bits per heavy atom. The molecule has 0 spiro atoms. The van der Waals surface area contributed by atoms with Crippen molar-refractivity contribution in [2.75, 3.05) is 20.1 Å². The standard InChI is InChI=1S/C10H20N2O/c1-9(2)6-12(8-13)7-10(3,4)11(9)5/h8H,6-7H2,1-5H3. The van der Waals surface area contributed by atoms with Gasteiger partial charge in [0, 0.05) is 24.2 Å². The quantitative estimate of drug-likeness (QED) is 0.566. The number of hydrogen-bond acceptors (Lipinski definition) is 2. The lowest BCUT2D eigenvalue weighted by Crippen LogP contribution is -2.66. The molecule has 0 saturated carbocycles. The summed E-state index contributed by atoms with van der Waals surface area (Å²) in [5.74, 6) is 0. The van der Waals surface area contributed by atoms with Gasteiger partial charge >= 0.3 is 0 Å². The van der Waals surface area contributed by atoms with Crippen molar-refractivity contribution in [2.45, 2.75) is 38.8 Å². The van der Waals surface area contributed by atoms with Crippen LogP contribution in [0.1, 0.15) is 27.7 Å². The number of amides is 1. The molecule has 0 aromatic carbocycles. The first-order valence-corrected chi connectivity index (χ1v) is 4.73.